The van der Waals surface area contributed by atoms with Gasteiger partial charge < -0.3 is 10.2 Å². The molecule has 1 N–H and O–H groups in total. The van der Waals surface area contributed by atoms with E-state index >= 15 is 0 Å². The Labute approximate surface area is 119 Å². The van der Waals surface area contributed by atoms with E-state index in [1.165, 1.54) is 4.90 Å². The first-order chi connectivity index (χ1) is 8.32. The molecule has 0 fully saturated rings. The van der Waals surface area contributed by atoms with Gasteiger partial charge in [-0.05, 0) is 41.1 Å². The largest absolute Gasteiger partial charge is 0.347 e. The molecule has 0 heterocycles. The van der Waals surface area contributed by atoms with Crippen LogP contribution in [-0.2, 0) is 4.79 Å². The molecule has 6 heteroatoms. The maximum atomic E-state index is 11.9. The van der Waals surface area contributed by atoms with Crippen LogP contribution in [0.25, 0.3) is 0 Å². The van der Waals surface area contributed by atoms with E-state index in [2.05, 4.69) is 21.2 Å². The Bertz CT molecular complexity index is 477. The molecule has 0 radical (unpaired) electrons. The zero-order chi connectivity index (χ0) is 13.9. The summed E-state index contributed by atoms with van der Waals surface area (Å²) in [5.41, 5.74) is 0.449. The summed E-state index contributed by atoms with van der Waals surface area (Å²) in [5.74, 6) is -0.466. The van der Waals surface area contributed by atoms with Gasteiger partial charge in [0.25, 0.3) is 5.91 Å². The predicted octanol–water partition coefficient (Wildman–Crippen LogP) is 2.31. The molecule has 0 aliphatic heterocycles. The second-order valence-electron chi connectivity index (χ2n) is 4.06. The number of amides is 2. The van der Waals surface area contributed by atoms with E-state index in [-0.39, 0.29) is 11.8 Å². The second-order valence-corrected chi connectivity index (χ2v) is 5.32. The van der Waals surface area contributed by atoms with Crippen molar-refractivity contribution in [3.8, 4) is 0 Å². The number of benzene rings is 1. The van der Waals surface area contributed by atoms with E-state index in [1.54, 1.807) is 39.2 Å². The Kier molecular flexibility index (Phi) is 5.16. The molecular formula is C12H14BrClN2O2. The van der Waals surface area contributed by atoms with Crippen molar-refractivity contribution >= 4 is 39.3 Å². The van der Waals surface area contributed by atoms with E-state index in [1.807, 2.05) is 0 Å². The van der Waals surface area contributed by atoms with Crippen LogP contribution in [0.2, 0.25) is 5.02 Å². The van der Waals surface area contributed by atoms with E-state index in [9.17, 15) is 9.59 Å². The van der Waals surface area contributed by atoms with Crippen LogP contribution in [-0.4, -0.2) is 36.9 Å². The summed E-state index contributed by atoms with van der Waals surface area (Å²) in [7, 11) is 3.29. The quantitative estimate of drug-likeness (QED) is 0.923. The standard InChI is InChI=1S/C12H14BrClN2O2/c1-7(12(18)16(2)3)15-11(17)8-4-5-10(14)9(13)6-8/h4-7H,1-3H3,(H,15,17). The Morgan fingerprint density at radius 3 is 2.50 bits per heavy atom. The Balaban J connectivity index is 2.76. The zero-order valence-electron chi connectivity index (χ0n) is 10.3. The number of halogens is 2. The van der Waals surface area contributed by atoms with E-state index in [0.717, 1.165) is 0 Å². The fraction of sp³-hybridized carbons (Fsp3) is 0.333. The molecule has 18 heavy (non-hydrogen) atoms. The lowest BCUT2D eigenvalue weighted by atomic mass is 10.2. The first-order valence-electron chi connectivity index (χ1n) is 5.30. The lowest BCUT2D eigenvalue weighted by Gasteiger charge is -2.18. The monoisotopic (exact) mass is 332 g/mol. The number of carbonyl (C=O) groups is 2. The molecule has 0 saturated carbocycles. The van der Waals surface area contributed by atoms with Crippen LogP contribution < -0.4 is 5.32 Å². The molecule has 1 rings (SSSR count). The van der Waals surface area contributed by atoms with Gasteiger partial charge in [0.1, 0.15) is 6.04 Å². The number of carbonyl (C=O) groups excluding carboxylic acids is 2. The van der Waals surface area contributed by atoms with Gasteiger partial charge in [-0.1, -0.05) is 11.6 Å². The summed E-state index contributed by atoms with van der Waals surface area (Å²) in [6.07, 6.45) is 0. The summed E-state index contributed by atoms with van der Waals surface area (Å²) in [4.78, 5) is 24.9. The lowest BCUT2D eigenvalue weighted by molar-refractivity contribution is -0.130. The van der Waals surface area contributed by atoms with Gasteiger partial charge in [0.2, 0.25) is 5.91 Å². The van der Waals surface area contributed by atoms with Crippen LogP contribution in [0.5, 0.6) is 0 Å². The van der Waals surface area contributed by atoms with Crippen molar-refractivity contribution < 1.29 is 9.59 Å². The van der Waals surface area contributed by atoms with Crippen LogP contribution in [0.1, 0.15) is 17.3 Å². The summed E-state index contributed by atoms with van der Waals surface area (Å²) < 4.78 is 0.642. The van der Waals surface area contributed by atoms with Gasteiger partial charge in [-0.25, -0.2) is 0 Å². The number of nitrogens with zero attached hydrogens (tertiary/aromatic N) is 1. The third-order valence-electron chi connectivity index (χ3n) is 2.34. The average Bonchev–Trinajstić information content (AvgIpc) is 2.31. The highest BCUT2D eigenvalue weighted by Crippen LogP contribution is 2.23. The third-order valence-corrected chi connectivity index (χ3v) is 3.55. The number of likely N-dealkylation sites (N-methyl/N-ethyl adjacent to an activating group) is 1. The minimum absolute atomic E-state index is 0.156. The Morgan fingerprint density at radius 1 is 1.39 bits per heavy atom. The van der Waals surface area contributed by atoms with E-state index < -0.39 is 6.04 Å². The van der Waals surface area contributed by atoms with Crippen molar-refractivity contribution in [2.75, 3.05) is 14.1 Å². The molecule has 4 nitrogen and oxygen atoms in total. The van der Waals surface area contributed by atoms with Gasteiger partial charge in [0.05, 0.1) is 5.02 Å². The molecule has 0 bridgehead atoms. The highest BCUT2D eigenvalue weighted by Gasteiger charge is 2.18. The van der Waals surface area contributed by atoms with Crippen molar-refractivity contribution in [1.29, 1.82) is 0 Å². The predicted molar refractivity (Wildman–Crippen MR) is 74.8 cm³/mol. The molecule has 0 aliphatic rings. The molecular weight excluding hydrogens is 320 g/mol. The third kappa shape index (κ3) is 3.71. The summed E-state index contributed by atoms with van der Waals surface area (Å²) in [6.45, 7) is 1.64. The van der Waals surface area contributed by atoms with Crippen LogP contribution >= 0.6 is 27.5 Å². The van der Waals surface area contributed by atoms with Gasteiger partial charge in [-0.3, -0.25) is 9.59 Å². The van der Waals surface area contributed by atoms with Gasteiger partial charge >= 0.3 is 0 Å². The molecule has 1 atom stereocenters. The summed E-state index contributed by atoms with van der Waals surface area (Å²) >= 11 is 9.09. The van der Waals surface area contributed by atoms with Crippen molar-refractivity contribution in [3.63, 3.8) is 0 Å². The van der Waals surface area contributed by atoms with Gasteiger partial charge in [0, 0.05) is 24.1 Å². The fourth-order valence-corrected chi connectivity index (χ4v) is 1.86. The fourth-order valence-electron chi connectivity index (χ4n) is 1.37. The first-order valence-corrected chi connectivity index (χ1v) is 6.47. The van der Waals surface area contributed by atoms with Crippen LogP contribution in [0.3, 0.4) is 0 Å². The molecule has 0 spiro atoms. The van der Waals surface area contributed by atoms with Crippen LogP contribution in [0.4, 0.5) is 0 Å². The van der Waals surface area contributed by atoms with Crippen molar-refractivity contribution in [2.45, 2.75) is 13.0 Å². The molecule has 1 aromatic carbocycles. The normalized spacial score (nSPS) is 11.8. The summed E-state index contributed by atoms with van der Waals surface area (Å²) in [5, 5.41) is 3.16. The Morgan fingerprint density at radius 2 is 2.00 bits per heavy atom. The molecule has 1 unspecified atom stereocenters. The Hall–Kier alpha value is -1.07. The minimum Gasteiger partial charge on any atom is -0.347 e. The number of hydrogen-bond acceptors (Lipinski definition) is 2. The van der Waals surface area contributed by atoms with Gasteiger partial charge in [-0.15, -0.1) is 0 Å². The molecule has 2 amide bonds. The van der Waals surface area contributed by atoms with Crippen LogP contribution in [0.15, 0.2) is 22.7 Å². The average molecular weight is 334 g/mol. The lowest BCUT2D eigenvalue weighted by Crippen LogP contribution is -2.44. The number of nitrogens with one attached hydrogen (secondary N) is 1. The number of rotatable bonds is 3. The maximum Gasteiger partial charge on any atom is 0.251 e. The molecule has 0 aliphatic carbocycles. The molecule has 0 saturated heterocycles. The van der Waals surface area contributed by atoms with Gasteiger partial charge in [0.15, 0.2) is 0 Å². The van der Waals surface area contributed by atoms with E-state index in [4.69, 9.17) is 11.6 Å². The van der Waals surface area contributed by atoms with Gasteiger partial charge in [-0.2, -0.15) is 0 Å². The van der Waals surface area contributed by atoms with Crippen molar-refractivity contribution in [3.05, 3.63) is 33.3 Å². The van der Waals surface area contributed by atoms with Crippen LogP contribution in [0, 0.1) is 0 Å². The zero-order valence-corrected chi connectivity index (χ0v) is 12.7. The first kappa shape index (κ1) is 15.0. The maximum absolute atomic E-state index is 11.9. The molecule has 1 aromatic rings. The smallest absolute Gasteiger partial charge is 0.251 e. The topological polar surface area (TPSA) is 49.4 Å². The SMILES string of the molecule is CC(NC(=O)c1ccc(Cl)c(Br)c1)C(=O)N(C)C. The van der Waals surface area contributed by atoms with Crippen molar-refractivity contribution in [1.82, 2.24) is 10.2 Å². The van der Waals surface area contributed by atoms with Crippen molar-refractivity contribution in [2.24, 2.45) is 0 Å². The molecule has 0 aromatic heterocycles. The minimum atomic E-state index is -0.568. The highest BCUT2D eigenvalue weighted by molar-refractivity contribution is 9.10. The second kappa shape index (κ2) is 6.20. The summed E-state index contributed by atoms with van der Waals surface area (Å²) in [6, 6.07) is 4.28. The molecule has 98 valence electrons. The number of hydrogen-bond donors (Lipinski definition) is 1. The highest BCUT2D eigenvalue weighted by atomic mass is 79.9. The van der Waals surface area contributed by atoms with E-state index in [0.29, 0.717) is 15.1 Å².